The molecule has 1 saturated heterocycles. The Morgan fingerprint density at radius 3 is 2.46 bits per heavy atom. The molecule has 2 aromatic carbocycles. The summed E-state index contributed by atoms with van der Waals surface area (Å²) in [5.41, 5.74) is 5.11. The number of H-pyrrole nitrogens is 1. The van der Waals surface area contributed by atoms with Gasteiger partial charge in [0.2, 0.25) is 5.91 Å². The summed E-state index contributed by atoms with van der Waals surface area (Å²) in [5, 5.41) is 7.54. The van der Waals surface area contributed by atoms with Crippen LogP contribution in [0.2, 0.25) is 0 Å². The number of aromatic nitrogens is 3. The van der Waals surface area contributed by atoms with Crippen molar-refractivity contribution in [3.63, 3.8) is 0 Å². The van der Waals surface area contributed by atoms with Crippen LogP contribution in [-0.2, 0) is 11.3 Å². The second-order valence-corrected chi connectivity index (χ2v) is 9.63. The first kappa shape index (κ1) is 24.9. The summed E-state index contributed by atoms with van der Waals surface area (Å²) < 4.78 is 0. The first-order valence-electron chi connectivity index (χ1n) is 13.0. The third-order valence-corrected chi connectivity index (χ3v) is 7.11. The normalized spacial score (nSPS) is 15.5. The van der Waals surface area contributed by atoms with Crippen LogP contribution in [0.3, 0.4) is 0 Å². The van der Waals surface area contributed by atoms with Crippen molar-refractivity contribution < 1.29 is 4.79 Å². The zero-order chi connectivity index (χ0) is 25.6. The van der Waals surface area contributed by atoms with E-state index < -0.39 is 0 Å². The number of benzene rings is 2. The molecular weight excluding hydrogens is 462 g/mol. The maximum atomic E-state index is 12.4. The average molecular weight is 498 g/mol. The highest BCUT2D eigenvalue weighted by molar-refractivity contribution is 5.91. The van der Waals surface area contributed by atoms with Gasteiger partial charge in [-0.25, -0.2) is 9.97 Å². The van der Waals surface area contributed by atoms with Crippen LogP contribution in [-0.4, -0.2) is 69.9 Å². The van der Waals surface area contributed by atoms with E-state index in [-0.39, 0.29) is 11.9 Å². The quantitative estimate of drug-likeness (QED) is 0.323. The lowest BCUT2D eigenvalue weighted by atomic mass is 10.1. The van der Waals surface area contributed by atoms with Crippen molar-refractivity contribution in [1.29, 1.82) is 0 Å². The van der Waals surface area contributed by atoms with Crippen LogP contribution in [0.15, 0.2) is 67.0 Å². The second kappa shape index (κ2) is 11.5. The highest BCUT2D eigenvalue weighted by atomic mass is 16.2. The highest BCUT2D eigenvalue weighted by Crippen LogP contribution is 2.29. The zero-order valence-corrected chi connectivity index (χ0v) is 21.6. The molecule has 8 nitrogen and oxygen atoms in total. The van der Waals surface area contributed by atoms with Gasteiger partial charge < -0.3 is 20.5 Å². The summed E-state index contributed by atoms with van der Waals surface area (Å²) in [7, 11) is 0. The zero-order valence-electron chi connectivity index (χ0n) is 21.6. The second-order valence-electron chi connectivity index (χ2n) is 9.63. The Bertz CT molecular complexity index is 1310. The van der Waals surface area contributed by atoms with E-state index in [0.29, 0.717) is 13.1 Å². The summed E-state index contributed by atoms with van der Waals surface area (Å²) in [4.78, 5) is 29.4. The number of nitrogens with one attached hydrogen (secondary N) is 3. The molecule has 1 aliphatic heterocycles. The minimum Gasteiger partial charge on any atom is -0.363 e. The van der Waals surface area contributed by atoms with E-state index in [4.69, 9.17) is 0 Å². The lowest BCUT2D eigenvalue weighted by Gasteiger charge is -2.33. The number of nitrogens with zero attached hydrogens (tertiary/aromatic N) is 4. The molecule has 0 bridgehead atoms. The third kappa shape index (κ3) is 6.15. The average Bonchev–Trinajstić information content (AvgIpc) is 3.39. The molecular formula is C29H35N7O. The standard InChI is InChI=1S/C29H35N7O/c1-3-35-13-15-36(16-14-35)19-27(37)30-18-22-9-11-24(12-10-22)26-17-25-28(31-20-32-29(25)34-26)33-21(2)23-7-5-4-6-8-23/h4-12,17,20-21H,3,13-16,18-19H2,1-2H3,(H,30,37)(H2,31,32,33,34)/t21-/m1/s1. The molecule has 0 unspecified atom stereocenters. The summed E-state index contributed by atoms with van der Waals surface area (Å²) in [6.07, 6.45) is 1.58. The smallest absolute Gasteiger partial charge is 0.234 e. The van der Waals surface area contributed by atoms with Crippen LogP contribution < -0.4 is 10.6 Å². The molecule has 8 heteroatoms. The van der Waals surface area contributed by atoms with Crippen molar-refractivity contribution in [1.82, 2.24) is 30.1 Å². The van der Waals surface area contributed by atoms with Crippen LogP contribution >= 0.6 is 0 Å². The van der Waals surface area contributed by atoms with Crippen molar-refractivity contribution in [2.24, 2.45) is 0 Å². The maximum Gasteiger partial charge on any atom is 0.234 e. The van der Waals surface area contributed by atoms with E-state index in [1.807, 2.05) is 18.2 Å². The van der Waals surface area contributed by atoms with Crippen LogP contribution in [0.4, 0.5) is 5.82 Å². The van der Waals surface area contributed by atoms with Gasteiger partial charge in [-0.05, 0) is 36.2 Å². The van der Waals surface area contributed by atoms with E-state index in [2.05, 4.69) is 91.7 Å². The first-order valence-corrected chi connectivity index (χ1v) is 13.0. The van der Waals surface area contributed by atoms with E-state index in [1.165, 1.54) is 5.56 Å². The van der Waals surface area contributed by atoms with Gasteiger partial charge in [-0.15, -0.1) is 0 Å². The van der Waals surface area contributed by atoms with Gasteiger partial charge in [0.25, 0.3) is 0 Å². The van der Waals surface area contributed by atoms with Crippen molar-refractivity contribution in [2.45, 2.75) is 26.4 Å². The first-order chi connectivity index (χ1) is 18.1. The number of carbonyl (C=O) groups is 1. The SMILES string of the molecule is CCN1CCN(CC(=O)NCc2ccc(-c3cc4c(N[C@H](C)c5ccccc5)ncnc4[nH]3)cc2)CC1. The summed E-state index contributed by atoms with van der Waals surface area (Å²) in [6.45, 7) is 10.3. The number of likely N-dealkylation sites (N-methyl/N-ethyl adjacent to an activating group) is 1. The predicted molar refractivity (Wildman–Crippen MR) is 148 cm³/mol. The molecule has 0 saturated carbocycles. The Morgan fingerprint density at radius 2 is 1.73 bits per heavy atom. The fraction of sp³-hybridized carbons (Fsp3) is 0.345. The molecule has 0 spiro atoms. The summed E-state index contributed by atoms with van der Waals surface area (Å²) in [5.74, 6) is 0.882. The Kier molecular flexibility index (Phi) is 7.77. The van der Waals surface area contributed by atoms with Gasteiger partial charge in [0, 0.05) is 44.5 Å². The number of fused-ring (bicyclic) bond motifs is 1. The van der Waals surface area contributed by atoms with E-state index in [9.17, 15) is 4.79 Å². The molecule has 37 heavy (non-hydrogen) atoms. The predicted octanol–water partition coefficient (Wildman–Crippen LogP) is 4.05. The van der Waals surface area contributed by atoms with Crippen LogP contribution in [0.25, 0.3) is 22.3 Å². The fourth-order valence-electron chi connectivity index (χ4n) is 4.77. The molecule has 1 aliphatic rings. The highest BCUT2D eigenvalue weighted by Gasteiger charge is 2.17. The number of rotatable bonds is 9. The van der Waals surface area contributed by atoms with Crippen molar-refractivity contribution in [3.05, 3.63) is 78.1 Å². The van der Waals surface area contributed by atoms with Crippen LogP contribution in [0.1, 0.15) is 31.0 Å². The maximum absolute atomic E-state index is 12.4. The van der Waals surface area contributed by atoms with Gasteiger partial charge in [-0.3, -0.25) is 9.69 Å². The van der Waals surface area contributed by atoms with Gasteiger partial charge in [-0.2, -0.15) is 0 Å². The minimum atomic E-state index is 0.0768. The molecule has 3 N–H and O–H groups in total. The molecule has 1 amide bonds. The van der Waals surface area contributed by atoms with Crippen molar-refractivity contribution in [3.8, 4) is 11.3 Å². The molecule has 2 aromatic heterocycles. The number of hydrogen-bond donors (Lipinski definition) is 3. The van der Waals surface area contributed by atoms with Crippen molar-refractivity contribution >= 4 is 22.8 Å². The van der Waals surface area contributed by atoms with Crippen molar-refractivity contribution in [2.75, 3.05) is 44.6 Å². The lowest BCUT2D eigenvalue weighted by Crippen LogP contribution is -2.49. The van der Waals surface area contributed by atoms with E-state index in [0.717, 1.165) is 66.4 Å². The van der Waals surface area contributed by atoms with Gasteiger partial charge in [-0.1, -0.05) is 61.5 Å². The van der Waals surface area contributed by atoms with Crippen LogP contribution in [0.5, 0.6) is 0 Å². The number of aromatic amines is 1. The molecule has 0 radical (unpaired) electrons. The number of amides is 1. The fourth-order valence-corrected chi connectivity index (χ4v) is 4.77. The number of piperazine rings is 1. The molecule has 192 valence electrons. The van der Waals surface area contributed by atoms with E-state index >= 15 is 0 Å². The van der Waals surface area contributed by atoms with Crippen LogP contribution in [0, 0.1) is 0 Å². The number of hydrogen-bond acceptors (Lipinski definition) is 6. The summed E-state index contributed by atoms with van der Waals surface area (Å²) in [6, 6.07) is 20.8. The Balaban J connectivity index is 1.20. The van der Waals surface area contributed by atoms with Gasteiger partial charge >= 0.3 is 0 Å². The molecule has 0 aliphatic carbocycles. The molecule has 1 atom stereocenters. The number of carbonyl (C=O) groups excluding carboxylic acids is 1. The Hall–Kier alpha value is -3.75. The third-order valence-electron chi connectivity index (χ3n) is 7.11. The monoisotopic (exact) mass is 497 g/mol. The minimum absolute atomic E-state index is 0.0768. The Morgan fingerprint density at radius 1 is 1.00 bits per heavy atom. The molecule has 1 fully saturated rings. The van der Waals surface area contributed by atoms with Gasteiger partial charge in [0.1, 0.15) is 17.8 Å². The molecule has 3 heterocycles. The van der Waals surface area contributed by atoms with E-state index in [1.54, 1.807) is 6.33 Å². The Labute approximate surface area is 218 Å². The largest absolute Gasteiger partial charge is 0.363 e. The summed E-state index contributed by atoms with van der Waals surface area (Å²) >= 11 is 0. The topological polar surface area (TPSA) is 89.2 Å². The molecule has 4 aromatic rings. The van der Waals surface area contributed by atoms with Gasteiger partial charge in [0.05, 0.1) is 11.9 Å². The number of anilines is 1. The molecule has 5 rings (SSSR count). The lowest BCUT2D eigenvalue weighted by molar-refractivity contribution is -0.122. The van der Waals surface area contributed by atoms with Gasteiger partial charge in [0.15, 0.2) is 0 Å².